The average molecular weight is 418 g/mol. The molecule has 0 aromatic heterocycles. The molecule has 0 saturated heterocycles. The second-order valence-electron chi connectivity index (χ2n) is 3.82. The van der Waals surface area contributed by atoms with E-state index >= 15 is 0 Å². The SMILES string of the molecule is NCCc1ccc(Oc2ccccc2I)cc1Br. The van der Waals surface area contributed by atoms with Gasteiger partial charge in [-0.1, -0.05) is 34.1 Å². The molecule has 0 atom stereocenters. The highest BCUT2D eigenvalue weighted by Crippen LogP contribution is 2.29. The lowest BCUT2D eigenvalue weighted by Crippen LogP contribution is -2.03. The smallest absolute Gasteiger partial charge is 0.140 e. The minimum atomic E-state index is 0.648. The van der Waals surface area contributed by atoms with Crippen molar-refractivity contribution in [3.05, 3.63) is 56.1 Å². The summed E-state index contributed by atoms with van der Waals surface area (Å²) in [5.74, 6) is 1.70. The van der Waals surface area contributed by atoms with E-state index in [0.29, 0.717) is 6.54 Å². The normalized spacial score (nSPS) is 10.4. The van der Waals surface area contributed by atoms with Crippen LogP contribution in [0.5, 0.6) is 11.5 Å². The molecule has 0 heterocycles. The predicted molar refractivity (Wildman–Crippen MR) is 86.1 cm³/mol. The summed E-state index contributed by atoms with van der Waals surface area (Å²) < 4.78 is 7.99. The fraction of sp³-hybridized carbons (Fsp3) is 0.143. The predicted octanol–water partition coefficient (Wildman–Crippen LogP) is 4.35. The summed E-state index contributed by atoms with van der Waals surface area (Å²) in [5.41, 5.74) is 6.76. The molecule has 2 N–H and O–H groups in total. The van der Waals surface area contributed by atoms with E-state index in [1.165, 1.54) is 5.56 Å². The minimum Gasteiger partial charge on any atom is -0.456 e. The molecule has 94 valence electrons. The molecule has 0 amide bonds. The Bertz CT molecular complexity index is 545. The van der Waals surface area contributed by atoms with Gasteiger partial charge in [0.2, 0.25) is 0 Å². The minimum absolute atomic E-state index is 0.648. The molecule has 0 radical (unpaired) electrons. The van der Waals surface area contributed by atoms with Gasteiger partial charge in [0.15, 0.2) is 0 Å². The Morgan fingerprint density at radius 3 is 2.61 bits per heavy atom. The number of hydrogen-bond acceptors (Lipinski definition) is 2. The summed E-state index contributed by atoms with van der Waals surface area (Å²) in [6.07, 6.45) is 0.865. The van der Waals surface area contributed by atoms with Gasteiger partial charge in [0.1, 0.15) is 11.5 Å². The standard InChI is InChI=1S/C14H13BrINO/c15-12-9-11(6-5-10(12)7-8-17)18-14-4-2-1-3-13(14)16/h1-6,9H,7-8,17H2. The summed E-state index contributed by atoms with van der Waals surface area (Å²) >= 11 is 5.81. The van der Waals surface area contributed by atoms with Crippen molar-refractivity contribution in [2.45, 2.75) is 6.42 Å². The Morgan fingerprint density at radius 1 is 1.17 bits per heavy atom. The first-order chi connectivity index (χ1) is 8.70. The zero-order valence-electron chi connectivity index (χ0n) is 9.70. The molecular weight excluding hydrogens is 405 g/mol. The van der Waals surface area contributed by atoms with Crippen molar-refractivity contribution in [1.82, 2.24) is 0 Å². The van der Waals surface area contributed by atoms with Gasteiger partial charge in [-0.3, -0.25) is 0 Å². The molecule has 18 heavy (non-hydrogen) atoms. The van der Waals surface area contributed by atoms with E-state index in [-0.39, 0.29) is 0 Å². The third kappa shape index (κ3) is 3.46. The molecule has 0 aliphatic heterocycles. The lowest BCUT2D eigenvalue weighted by atomic mass is 10.1. The first-order valence-corrected chi connectivity index (χ1v) is 7.49. The molecule has 2 rings (SSSR count). The zero-order valence-corrected chi connectivity index (χ0v) is 13.4. The first kappa shape index (κ1) is 13.8. The highest BCUT2D eigenvalue weighted by molar-refractivity contribution is 14.1. The number of benzene rings is 2. The molecule has 2 aromatic carbocycles. The summed E-state index contributed by atoms with van der Waals surface area (Å²) in [6, 6.07) is 13.9. The van der Waals surface area contributed by atoms with E-state index in [4.69, 9.17) is 10.5 Å². The molecular formula is C14H13BrINO. The highest BCUT2D eigenvalue weighted by atomic mass is 127. The van der Waals surface area contributed by atoms with Crippen molar-refractivity contribution in [3.8, 4) is 11.5 Å². The van der Waals surface area contributed by atoms with Crippen LogP contribution in [0.1, 0.15) is 5.56 Å². The molecule has 2 aromatic rings. The molecule has 0 unspecified atom stereocenters. The van der Waals surface area contributed by atoms with Crippen molar-refractivity contribution in [1.29, 1.82) is 0 Å². The van der Waals surface area contributed by atoms with E-state index in [1.54, 1.807) is 0 Å². The van der Waals surface area contributed by atoms with E-state index in [2.05, 4.69) is 38.5 Å². The Hall–Kier alpha value is -0.590. The van der Waals surface area contributed by atoms with Gasteiger partial charge in [-0.15, -0.1) is 0 Å². The van der Waals surface area contributed by atoms with E-state index < -0.39 is 0 Å². The van der Waals surface area contributed by atoms with Crippen LogP contribution >= 0.6 is 38.5 Å². The third-order valence-electron chi connectivity index (χ3n) is 2.50. The molecule has 0 aliphatic rings. The Kier molecular flexibility index (Phi) is 5.03. The second-order valence-corrected chi connectivity index (χ2v) is 5.84. The second kappa shape index (κ2) is 6.54. The number of ether oxygens (including phenoxy) is 1. The topological polar surface area (TPSA) is 35.2 Å². The van der Waals surface area contributed by atoms with Crippen molar-refractivity contribution >= 4 is 38.5 Å². The van der Waals surface area contributed by atoms with Crippen LogP contribution in [0.15, 0.2) is 46.9 Å². The number of halogens is 2. The van der Waals surface area contributed by atoms with Crippen LogP contribution in [0.2, 0.25) is 0 Å². The fourth-order valence-corrected chi connectivity index (χ4v) is 2.66. The maximum atomic E-state index is 5.85. The maximum absolute atomic E-state index is 5.85. The summed E-state index contributed by atoms with van der Waals surface area (Å²) in [7, 11) is 0. The van der Waals surface area contributed by atoms with E-state index in [9.17, 15) is 0 Å². The van der Waals surface area contributed by atoms with Gasteiger partial charge >= 0.3 is 0 Å². The van der Waals surface area contributed by atoms with Gasteiger partial charge in [0.25, 0.3) is 0 Å². The largest absolute Gasteiger partial charge is 0.456 e. The van der Waals surface area contributed by atoms with Gasteiger partial charge in [0, 0.05) is 4.47 Å². The molecule has 0 fully saturated rings. The van der Waals surface area contributed by atoms with E-state index in [1.807, 2.05) is 42.5 Å². The van der Waals surface area contributed by atoms with Crippen molar-refractivity contribution in [2.75, 3.05) is 6.54 Å². The molecule has 0 aliphatic carbocycles. The van der Waals surface area contributed by atoms with Crippen LogP contribution in [-0.4, -0.2) is 6.54 Å². The molecule has 2 nitrogen and oxygen atoms in total. The van der Waals surface area contributed by atoms with Crippen LogP contribution in [0.4, 0.5) is 0 Å². The monoisotopic (exact) mass is 417 g/mol. The highest BCUT2D eigenvalue weighted by Gasteiger charge is 2.04. The van der Waals surface area contributed by atoms with Gasteiger partial charge in [-0.2, -0.15) is 0 Å². The van der Waals surface area contributed by atoms with Crippen LogP contribution < -0.4 is 10.5 Å². The van der Waals surface area contributed by atoms with Gasteiger partial charge in [0.05, 0.1) is 3.57 Å². The molecule has 0 spiro atoms. The zero-order chi connectivity index (χ0) is 13.0. The number of para-hydroxylation sites is 1. The van der Waals surface area contributed by atoms with Crippen LogP contribution in [0, 0.1) is 3.57 Å². The number of rotatable bonds is 4. The van der Waals surface area contributed by atoms with Crippen molar-refractivity contribution in [2.24, 2.45) is 5.73 Å². The summed E-state index contributed by atoms with van der Waals surface area (Å²) in [6.45, 7) is 0.648. The summed E-state index contributed by atoms with van der Waals surface area (Å²) in [5, 5.41) is 0. The quantitative estimate of drug-likeness (QED) is 0.750. The van der Waals surface area contributed by atoms with Crippen LogP contribution in [0.25, 0.3) is 0 Å². The Morgan fingerprint density at radius 2 is 1.94 bits per heavy atom. The molecule has 4 heteroatoms. The molecule has 0 saturated carbocycles. The summed E-state index contributed by atoms with van der Waals surface area (Å²) in [4.78, 5) is 0. The first-order valence-electron chi connectivity index (χ1n) is 5.61. The van der Waals surface area contributed by atoms with Crippen molar-refractivity contribution in [3.63, 3.8) is 0 Å². The fourth-order valence-electron chi connectivity index (χ4n) is 1.60. The van der Waals surface area contributed by atoms with Crippen LogP contribution in [0.3, 0.4) is 0 Å². The van der Waals surface area contributed by atoms with E-state index in [0.717, 1.165) is 26.0 Å². The van der Waals surface area contributed by atoms with Gasteiger partial charge in [-0.25, -0.2) is 0 Å². The third-order valence-corrected chi connectivity index (χ3v) is 4.13. The Balaban J connectivity index is 2.20. The average Bonchev–Trinajstić information content (AvgIpc) is 2.36. The maximum Gasteiger partial charge on any atom is 0.140 e. The molecule has 0 bridgehead atoms. The Labute approximate surface area is 129 Å². The lowest BCUT2D eigenvalue weighted by molar-refractivity contribution is 0.478. The lowest BCUT2D eigenvalue weighted by Gasteiger charge is -2.09. The van der Waals surface area contributed by atoms with Gasteiger partial charge < -0.3 is 10.5 Å². The van der Waals surface area contributed by atoms with Gasteiger partial charge in [-0.05, 0) is 65.4 Å². The number of hydrogen-bond donors (Lipinski definition) is 1. The van der Waals surface area contributed by atoms with Crippen LogP contribution in [-0.2, 0) is 6.42 Å². The number of nitrogens with two attached hydrogens (primary N) is 1. The van der Waals surface area contributed by atoms with Crippen molar-refractivity contribution < 1.29 is 4.74 Å².